The van der Waals surface area contributed by atoms with Gasteiger partial charge in [-0.2, -0.15) is 13.2 Å². The summed E-state index contributed by atoms with van der Waals surface area (Å²) in [5, 5.41) is 2.90. The Morgan fingerprint density at radius 1 is 0.952 bits per heavy atom. The fourth-order valence-corrected chi connectivity index (χ4v) is 2.57. The molecule has 0 aliphatic rings. The van der Waals surface area contributed by atoms with Crippen LogP contribution < -0.4 is 5.32 Å². The third-order valence-corrected chi connectivity index (χ3v) is 4.21. The minimum atomic E-state index is -4.40. The lowest BCUT2D eigenvalue weighted by atomic mass is 10.1. The number of hydrogen-bond donors (Lipinski definition) is 1. The van der Waals surface area contributed by atoms with Gasteiger partial charge in [-0.05, 0) is 51.8 Å². The molecule has 0 bridgehead atoms. The summed E-state index contributed by atoms with van der Waals surface area (Å²) >= 11 is 6.41. The van der Waals surface area contributed by atoms with E-state index in [2.05, 4.69) is 37.2 Å². The second kappa shape index (κ2) is 6.36. The average Bonchev–Trinajstić information content (AvgIpc) is 2.38. The van der Waals surface area contributed by atoms with Gasteiger partial charge in [-0.25, -0.2) is 4.39 Å². The largest absolute Gasteiger partial charge is 0.416 e. The first-order chi connectivity index (χ1) is 9.77. The minimum Gasteiger partial charge on any atom is -0.380 e. The molecular weight excluding hydrogens is 418 g/mol. The third-order valence-electron chi connectivity index (χ3n) is 2.78. The fourth-order valence-electron chi connectivity index (χ4n) is 1.69. The SMILES string of the molecule is Fc1ccc(CNc2cc(C(F)(F)F)ccc2Br)c(Br)c1. The highest BCUT2D eigenvalue weighted by atomic mass is 79.9. The minimum absolute atomic E-state index is 0.265. The van der Waals surface area contributed by atoms with Crippen molar-refractivity contribution in [1.82, 2.24) is 0 Å². The molecule has 0 radical (unpaired) electrons. The van der Waals surface area contributed by atoms with E-state index in [4.69, 9.17) is 0 Å². The van der Waals surface area contributed by atoms with Crippen LogP contribution in [0.2, 0.25) is 0 Å². The predicted molar refractivity (Wildman–Crippen MR) is 80.6 cm³/mol. The molecular formula is C14H9Br2F4N. The molecule has 0 aromatic heterocycles. The van der Waals surface area contributed by atoms with Gasteiger partial charge in [0.05, 0.1) is 5.56 Å². The lowest BCUT2D eigenvalue weighted by molar-refractivity contribution is -0.137. The molecule has 1 N–H and O–H groups in total. The van der Waals surface area contributed by atoms with Crippen molar-refractivity contribution in [3.63, 3.8) is 0 Å². The van der Waals surface area contributed by atoms with Crippen molar-refractivity contribution in [3.8, 4) is 0 Å². The molecule has 0 saturated heterocycles. The molecule has 2 aromatic rings. The van der Waals surface area contributed by atoms with E-state index in [0.717, 1.165) is 17.7 Å². The Balaban J connectivity index is 2.19. The normalized spacial score (nSPS) is 11.5. The topological polar surface area (TPSA) is 12.0 Å². The molecule has 0 heterocycles. The first kappa shape index (κ1) is 16.3. The van der Waals surface area contributed by atoms with E-state index in [-0.39, 0.29) is 12.4 Å². The summed E-state index contributed by atoms with van der Waals surface area (Å²) in [5.41, 5.74) is 0.327. The Bertz CT molecular complexity index is 656. The second-order valence-corrected chi connectivity index (χ2v) is 5.99. The molecule has 112 valence electrons. The van der Waals surface area contributed by atoms with E-state index in [1.807, 2.05) is 0 Å². The summed E-state index contributed by atoms with van der Waals surface area (Å²) in [6.07, 6.45) is -4.40. The summed E-state index contributed by atoms with van der Waals surface area (Å²) in [4.78, 5) is 0. The monoisotopic (exact) mass is 425 g/mol. The molecule has 0 saturated carbocycles. The summed E-state index contributed by atoms with van der Waals surface area (Å²) in [6, 6.07) is 7.53. The zero-order valence-corrected chi connectivity index (χ0v) is 13.6. The number of hydrogen-bond acceptors (Lipinski definition) is 1. The standard InChI is InChI=1S/C14H9Br2F4N/c15-11-4-2-9(14(18,19)20)5-13(11)21-7-8-1-3-10(17)6-12(8)16/h1-6,21H,7H2. The van der Waals surface area contributed by atoms with Gasteiger partial charge in [-0.3, -0.25) is 0 Å². The predicted octanol–water partition coefficient (Wildman–Crippen LogP) is 5.98. The maximum absolute atomic E-state index is 13.0. The van der Waals surface area contributed by atoms with E-state index >= 15 is 0 Å². The zero-order chi connectivity index (χ0) is 15.6. The smallest absolute Gasteiger partial charge is 0.380 e. The van der Waals surface area contributed by atoms with Crippen molar-refractivity contribution >= 4 is 37.5 Å². The first-order valence-corrected chi connectivity index (χ1v) is 7.40. The number of nitrogens with one attached hydrogen (secondary N) is 1. The zero-order valence-electron chi connectivity index (χ0n) is 10.4. The van der Waals surface area contributed by atoms with Gasteiger partial charge in [-0.1, -0.05) is 22.0 Å². The molecule has 21 heavy (non-hydrogen) atoms. The summed E-state index contributed by atoms with van der Waals surface area (Å²) < 4.78 is 52.1. The summed E-state index contributed by atoms with van der Waals surface area (Å²) in [6.45, 7) is 0.265. The van der Waals surface area contributed by atoms with Crippen molar-refractivity contribution in [2.45, 2.75) is 12.7 Å². The molecule has 0 aliphatic carbocycles. The van der Waals surface area contributed by atoms with Gasteiger partial charge in [0.1, 0.15) is 5.82 Å². The van der Waals surface area contributed by atoms with Crippen LogP contribution in [0.25, 0.3) is 0 Å². The maximum atomic E-state index is 13.0. The van der Waals surface area contributed by atoms with Crippen LogP contribution >= 0.6 is 31.9 Å². The molecule has 0 atom stereocenters. The van der Waals surface area contributed by atoms with E-state index in [1.54, 1.807) is 6.07 Å². The third kappa shape index (κ3) is 4.20. The Morgan fingerprint density at radius 3 is 2.29 bits per heavy atom. The van der Waals surface area contributed by atoms with Crippen LogP contribution in [-0.4, -0.2) is 0 Å². The van der Waals surface area contributed by atoms with Crippen LogP contribution in [0.3, 0.4) is 0 Å². The van der Waals surface area contributed by atoms with Gasteiger partial charge in [-0.15, -0.1) is 0 Å². The highest BCUT2D eigenvalue weighted by molar-refractivity contribution is 9.10. The molecule has 2 rings (SSSR count). The van der Waals surface area contributed by atoms with E-state index in [0.29, 0.717) is 14.6 Å². The van der Waals surface area contributed by atoms with Gasteiger partial charge < -0.3 is 5.32 Å². The number of alkyl halides is 3. The Hall–Kier alpha value is -1.08. The molecule has 2 aromatic carbocycles. The van der Waals surface area contributed by atoms with Crippen molar-refractivity contribution in [3.05, 3.63) is 62.3 Å². The van der Waals surface area contributed by atoms with E-state index in [1.165, 1.54) is 18.2 Å². The number of halogens is 6. The Morgan fingerprint density at radius 2 is 1.67 bits per heavy atom. The van der Waals surface area contributed by atoms with Gasteiger partial charge in [0.25, 0.3) is 0 Å². The summed E-state index contributed by atoms with van der Waals surface area (Å²) in [5.74, 6) is -0.383. The van der Waals surface area contributed by atoms with E-state index in [9.17, 15) is 17.6 Å². The molecule has 0 unspecified atom stereocenters. The van der Waals surface area contributed by atoms with Crippen LogP contribution in [0.1, 0.15) is 11.1 Å². The van der Waals surface area contributed by atoms with Gasteiger partial charge in [0, 0.05) is 21.2 Å². The van der Waals surface area contributed by atoms with Crippen LogP contribution in [-0.2, 0) is 12.7 Å². The van der Waals surface area contributed by atoms with Crippen molar-refractivity contribution in [2.24, 2.45) is 0 Å². The summed E-state index contributed by atoms with van der Waals surface area (Å²) in [7, 11) is 0. The van der Waals surface area contributed by atoms with Crippen LogP contribution in [0, 0.1) is 5.82 Å². The molecule has 0 fully saturated rings. The average molecular weight is 427 g/mol. The Labute approximate surface area is 135 Å². The highest BCUT2D eigenvalue weighted by Gasteiger charge is 2.30. The molecule has 1 nitrogen and oxygen atoms in total. The number of rotatable bonds is 3. The van der Waals surface area contributed by atoms with Crippen LogP contribution in [0.4, 0.5) is 23.2 Å². The van der Waals surface area contributed by atoms with Gasteiger partial charge in [0.15, 0.2) is 0 Å². The van der Waals surface area contributed by atoms with Gasteiger partial charge in [0.2, 0.25) is 0 Å². The molecule has 7 heteroatoms. The first-order valence-electron chi connectivity index (χ1n) is 5.82. The highest BCUT2D eigenvalue weighted by Crippen LogP contribution is 2.34. The van der Waals surface area contributed by atoms with Crippen LogP contribution in [0.15, 0.2) is 45.3 Å². The number of benzene rings is 2. The molecule has 0 spiro atoms. The number of anilines is 1. The van der Waals surface area contributed by atoms with Crippen molar-refractivity contribution < 1.29 is 17.6 Å². The Kier molecular flexibility index (Phi) is 4.93. The molecule has 0 aliphatic heterocycles. The lowest BCUT2D eigenvalue weighted by Crippen LogP contribution is -2.07. The molecule has 0 amide bonds. The van der Waals surface area contributed by atoms with Gasteiger partial charge >= 0.3 is 6.18 Å². The van der Waals surface area contributed by atoms with Crippen molar-refractivity contribution in [2.75, 3.05) is 5.32 Å². The van der Waals surface area contributed by atoms with E-state index < -0.39 is 11.7 Å². The quantitative estimate of drug-likeness (QED) is 0.595. The lowest BCUT2D eigenvalue weighted by Gasteiger charge is -2.13. The maximum Gasteiger partial charge on any atom is 0.416 e. The second-order valence-electron chi connectivity index (χ2n) is 4.28. The van der Waals surface area contributed by atoms with Crippen molar-refractivity contribution in [1.29, 1.82) is 0 Å². The van der Waals surface area contributed by atoms with Crippen LogP contribution in [0.5, 0.6) is 0 Å². The fraction of sp³-hybridized carbons (Fsp3) is 0.143.